The third kappa shape index (κ3) is 4.78. The summed E-state index contributed by atoms with van der Waals surface area (Å²) in [7, 11) is 1.00. The predicted molar refractivity (Wildman–Crippen MR) is 124 cm³/mol. The fourth-order valence-corrected chi connectivity index (χ4v) is 8.48. The van der Waals surface area contributed by atoms with Crippen molar-refractivity contribution in [3.63, 3.8) is 0 Å². The molecule has 0 amide bonds. The largest absolute Gasteiger partial charge is 0.400 e. The molecule has 0 spiro atoms. The van der Waals surface area contributed by atoms with Gasteiger partial charge in [-0.1, -0.05) is 40.5 Å². The maximum Gasteiger partial charge on any atom is 0.129 e. The van der Waals surface area contributed by atoms with Crippen molar-refractivity contribution in [3.8, 4) is 0 Å². The highest BCUT2D eigenvalue weighted by atomic mass is 16.2. The summed E-state index contributed by atoms with van der Waals surface area (Å²) in [5.74, 6) is 5.37. The summed E-state index contributed by atoms with van der Waals surface area (Å²) in [4.78, 5) is 11.3. The first kappa shape index (κ1) is 24.9. The first-order valence-corrected chi connectivity index (χ1v) is 12.9. The van der Waals surface area contributed by atoms with Gasteiger partial charge in [-0.25, -0.2) is 0 Å². The Morgan fingerprint density at radius 2 is 1.55 bits per heavy atom. The lowest BCUT2D eigenvalue weighted by molar-refractivity contribution is -0.117. The molecule has 0 aliphatic heterocycles. The molecule has 4 rings (SSSR count). The zero-order valence-electron chi connectivity index (χ0n) is 20.4. The van der Waals surface area contributed by atoms with Crippen LogP contribution in [0.1, 0.15) is 118 Å². The van der Waals surface area contributed by atoms with Crippen molar-refractivity contribution in [3.05, 3.63) is 0 Å². The lowest BCUT2D eigenvalue weighted by Crippen LogP contribution is -2.52. The van der Waals surface area contributed by atoms with Gasteiger partial charge in [-0.05, 0) is 112 Å². The predicted octanol–water partition coefficient (Wildman–Crippen LogP) is 7.43. The summed E-state index contributed by atoms with van der Waals surface area (Å²) in [6, 6.07) is 0. The fourth-order valence-electron chi connectivity index (χ4n) is 8.48. The number of hydrogen-bond acceptors (Lipinski definition) is 2. The fraction of sp³-hybridized carbons (Fsp3) is 0.963. The van der Waals surface area contributed by atoms with Gasteiger partial charge >= 0.3 is 0 Å². The van der Waals surface area contributed by atoms with E-state index in [1.807, 2.05) is 13.8 Å². The minimum absolute atomic E-state index is 0.381. The van der Waals surface area contributed by atoms with E-state index in [-0.39, 0.29) is 0 Å². The minimum atomic E-state index is 0.381. The molecule has 7 atom stereocenters. The van der Waals surface area contributed by atoms with E-state index in [0.717, 1.165) is 49.5 Å². The average molecular weight is 407 g/mol. The van der Waals surface area contributed by atoms with Crippen LogP contribution < -0.4 is 0 Å². The van der Waals surface area contributed by atoms with E-state index in [1.54, 1.807) is 6.92 Å². The van der Waals surface area contributed by atoms with Gasteiger partial charge in [0.15, 0.2) is 0 Å². The molecule has 4 saturated carbocycles. The second kappa shape index (κ2) is 10.8. The molecule has 2 nitrogen and oxygen atoms in total. The van der Waals surface area contributed by atoms with Crippen LogP contribution in [0.3, 0.4) is 0 Å². The molecule has 4 aliphatic rings. The van der Waals surface area contributed by atoms with Crippen LogP contribution in [0, 0.1) is 40.4 Å². The third-order valence-electron chi connectivity index (χ3n) is 9.86. The van der Waals surface area contributed by atoms with E-state index in [0.29, 0.717) is 16.6 Å². The highest BCUT2D eigenvalue weighted by Gasteiger charge is 2.59. The smallest absolute Gasteiger partial charge is 0.129 e. The van der Waals surface area contributed by atoms with E-state index >= 15 is 0 Å². The van der Waals surface area contributed by atoms with E-state index in [9.17, 15) is 4.79 Å². The van der Waals surface area contributed by atoms with Crippen LogP contribution in [0.4, 0.5) is 0 Å². The molecule has 0 aromatic carbocycles. The van der Waals surface area contributed by atoms with Crippen molar-refractivity contribution in [2.45, 2.75) is 118 Å². The summed E-state index contributed by atoms with van der Waals surface area (Å²) in [5.41, 5.74) is 1.27. The molecule has 0 radical (unpaired) electrons. The Kier molecular flexibility index (Phi) is 9.26. The number of Topliss-reactive ketones (excluding diaryl/α,β-unsaturated/α-hetero) is 1. The zero-order valence-corrected chi connectivity index (χ0v) is 20.4. The molecule has 0 aromatic heterocycles. The normalized spacial score (nSPS) is 42.8. The standard InChI is InChI=1S/C24H40O.C2H6.CH4O/c1-17(25)7-6-9-19-11-13-21-20-12-10-18-8-4-5-15-23(18,2)22(20)14-16-24(19,21)3;2*1-2/h18-22H,4-16H2,1-3H3;1-2H3;2H,1H3/t18?,19-,20?,21?,22?,23-,24+;;/m0../s1. The number of aliphatic hydroxyl groups excluding tert-OH is 1. The van der Waals surface area contributed by atoms with Gasteiger partial charge in [0.05, 0.1) is 0 Å². The molecule has 4 unspecified atom stereocenters. The molecule has 0 bridgehead atoms. The molecule has 170 valence electrons. The Morgan fingerprint density at radius 3 is 2.24 bits per heavy atom. The van der Waals surface area contributed by atoms with Crippen molar-refractivity contribution >= 4 is 5.78 Å². The SMILES string of the molecule is CC.CC(=O)CCC[C@H]1CCC2C3CCC4CCCC[C@]4(C)C3CC[C@@]21C.CO. The van der Waals surface area contributed by atoms with Gasteiger partial charge in [0.25, 0.3) is 0 Å². The van der Waals surface area contributed by atoms with E-state index < -0.39 is 0 Å². The van der Waals surface area contributed by atoms with Gasteiger partial charge < -0.3 is 9.90 Å². The summed E-state index contributed by atoms with van der Waals surface area (Å²) < 4.78 is 0. The van der Waals surface area contributed by atoms with Gasteiger partial charge in [0, 0.05) is 13.5 Å². The summed E-state index contributed by atoms with van der Waals surface area (Å²) in [6.45, 7) is 11.1. The lowest BCUT2D eigenvalue weighted by Gasteiger charge is -2.60. The molecule has 2 heteroatoms. The van der Waals surface area contributed by atoms with Gasteiger partial charge in [0.2, 0.25) is 0 Å². The quantitative estimate of drug-likeness (QED) is 0.527. The van der Waals surface area contributed by atoms with Crippen molar-refractivity contribution in [1.29, 1.82) is 0 Å². The number of fused-ring (bicyclic) bond motifs is 5. The monoisotopic (exact) mass is 406 g/mol. The number of carbonyl (C=O) groups excluding carboxylic acids is 1. The van der Waals surface area contributed by atoms with Crippen LogP contribution in [-0.4, -0.2) is 18.0 Å². The van der Waals surface area contributed by atoms with Crippen molar-refractivity contribution in [2.75, 3.05) is 7.11 Å². The molecule has 4 fully saturated rings. The van der Waals surface area contributed by atoms with Crippen LogP contribution in [0.5, 0.6) is 0 Å². The van der Waals surface area contributed by atoms with Crippen LogP contribution in [-0.2, 0) is 4.79 Å². The van der Waals surface area contributed by atoms with E-state index in [4.69, 9.17) is 5.11 Å². The van der Waals surface area contributed by atoms with E-state index in [1.165, 1.54) is 70.6 Å². The van der Waals surface area contributed by atoms with Crippen molar-refractivity contribution in [1.82, 2.24) is 0 Å². The average Bonchev–Trinajstić information content (AvgIpc) is 3.07. The third-order valence-corrected chi connectivity index (χ3v) is 9.86. The Bertz CT molecular complexity index is 515. The second-order valence-corrected chi connectivity index (χ2v) is 10.8. The Hall–Kier alpha value is -0.370. The number of rotatable bonds is 4. The van der Waals surface area contributed by atoms with Gasteiger partial charge in [-0.15, -0.1) is 0 Å². The zero-order chi connectivity index (χ0) is 21.7. The van der Waals surface area contributed by atoms with Crippen LogP contribution in [0.2, 0.25) is 0 Å². The lowest BCUT2D eigenvalue weighted by atomic mass is 9.45. The number of aliphatic hydroxyl groups is 1. The van der Waals surface area contributed by atoms with Crippen LogP contribution >= 0.6 is 0 Å². The number of hydrogen-bond donors (Lipinski definition) is 1. The van der Waals surface area contributed by atoms with Crippen LogP contribution in [0.25, 0.3) is 0 Å². The highest BCUT2D eigenvalue weighted by molar-refractivity contribution is 5.75. The summed E-state index contributed by atoms with van der Waals surface area (Å²) in [6.07, 6.45) is 18.3. The molecule has 29 heavy (non-hydrogen) atoms. The number of ketones is 1. The Labute approximate surface area is 181 Å². The first-order valence-electron chi connectivity index (χ1n) is 12.9. The maximum atomic E-state index is 11.3. The molecule has 0 saturated heterocycles. The van der Waals surface area contributed by atoms with Gasteiger partial charge in [0.1, 0.15) is 5.78 Å². The topological polar surface area (TPSA) is 37.3 Å². The number of carbonyl (C=O) groups is 1. The molecular formula is C27H50O2. The summed E-state index contributed by atoms with van der Waals surface area (Å²) in [5, 5.41) is 7.00. The highest BCUT2D eigenvalue weighted by Crippen LogP contribution is 2.67. The Morgan fingerprint density at radius 1 is 0.862 bits per heavy atom. The Balaban J connectivity index is 0.000000707. The minimum Gasteiger partial charge on any atom is -0.400 e. The molecular weight excluding hydrogens is 356 g/mol. The molecule has 1 N–H and O–H groups in total. The van der Waals surface area contributed by atoms with Crippen molar-refractivity contribution in [2.24, 2.45) is 40.4 Å². The van der Waals surface area contributed by atoms with E-state index in [2.05, 4.69) is 13.8 Å². The molecule has 4 aliphatic carbocycles. The van der Waals surface area contributed by atoms with Gasteiger partial charge in [-0.3, -0.25) is 0 Å². The summed E-state index contributed by atoms with van der Waals surface area (Å²) >= 11 is 0. The van der Waals surface area contributed by atoms with Gasteiger partial charge in [-0.2, -0.15) is 0 Å². The molecule has 0 aromatic rings. The van der Waals surface area contributed by atoms with Crippen molar-refractivity contribution < 1.29 is 9.90 Å². The second-order valence-electron chi connectivity index (χ2n) is 10.8. The molecule has 0 heterocycles. The maximum absolute atomic E-state index is 11.3. The van der Waals surface area contributed by atoms with Crippen LogP contribution in [0.15, 0.2) is 0 Å². The first-order chi connectivity index (χ1) is 13.9.